The molecule has 0 aliphatic heterocycles. The van der Waals surface area contributed by atoms with Gasteiger partial charge in [-0.1, -0.05) is 27.4 Å². The highest BCUT2D eigenvalue weighted by Crippen LogP contribution is 2.24. The molecular formula is C8H18O3SSi. The first kappa shape index (κ1) is 12.9. The topological polar surface area (TPSA) is 43.4 Å². The molecule has 0 fully saturated rings. The van der Waals surface area contributed by atoms with Gasteiger partial charge in [-0.15, -0.1) is 0 Å². The Kier molecular flexibility index (Phi) is 4.88. The van der Waals surface area contributed by atoms with E-state index < -0.39 is 18.4 Å². The first-order valence-corrected chi connectivity index (χ1v) is 8.53. The average molecular weight is 222 g/mol. The van der Waals surface area contributed by atoms with E-state index in [1.165, 1.54) is 0 Å². The summed E-state index contributed by atoms with van der Waals surface area (Å²) in [6.45, 7) is 9.18. The van der Waals surface area contributed by atoms with Gasteiger partial charge in [-0.25, -0.2) is 0 Å². The van der Waals surface area contributed by atoms with Crippen molar-refractivity contribution in [2.24, 2.45) is 0 Å². The van der Waals surface area contributed by atoms with Gasteiger partial charge in [0.1, 0.15) is 0 Å². The third-order valence-corrected chi connectivity index (χ3v) is 9.05. The summed E-state index contributed by atoms with van der Waals surface area (Å²) in [5.74, 6) is 0. The van der Waals surface area contributed by atoms with E-state index in [0.29, 0.717) is 0 Å². The molecule has 0 bridgehead atoms. The van der Waals surface area contributed by atoms with Gasteiger partial charge in [0.15, 0.2) is 0 Å². The lowest BCUT2D eigenvalue weighted by Crippen LogP contribution is -2.37. The number of hydrogen-bond acceptors (Lipinski definition) is 3. The van der Waals surface area contributed by atoms with Crippen molar-refractivity contribution in [2.75, 3.05) is 0 Å². The van der Waals surface area contributed by atoms with Crippen LogP contribution < -0.4 is 0 Å². The zero-order valence-electron chi connectivity index (χ0n) is 8.54. The van der Waals surface area contributed by atoms with Crippen LogP contribution in [0.15, 0.2) is 12.0 Å². The molecular weight excluding hydrogens is 204 g/mol. The Labute approximate surface area is 82.1 Å². The summed E-state index contributed by atoms with van der Waals surface area (Å²) in [7, 11) is -5.52. The SMILES string of the molecule is C=CS(=O)(=O)O[Si](CC)(CC)CC. The van der Waals surface area contributed by atoms with Crippen molar-refractivity contribution < 1.29 is 12.3 Å². The van der Waals surface area contributed by atoms with E-state index >= 15 is 0 Å². The summed E-state index contributed by atoms with van der Waals surface area (Å²) < 4.78 is 27.6. The second-order valence-corrected chi connectivity index (χ2v) is 9.46. The Hall–Kier alpha value is -0.133. The van der Waals surface area contributed by atoms with Crippen LogP contribution in [0.25, 0.3) is 0 Å². The van der Waals surface area contributed by atoms with Crippen LogP contribution in [0.4, 0.5) is 0 Å². The fourth-order valence-corrected chi connectivity index (χ4v) is 6.36. The lowest BCUT2D eigenvalue weighted by molar-refractivity contribution is 0.485. The maximum absolute atomic E-state index is 11.2. The quantitative estimate of drug-likeness (QED) is 0.648. The van der Waals surface area contributed by atoms with Crippen LogP contribution in [0.2, 0.25) is 18.1 Å². The van der Waals surface area contributed by atoms with E-state index in [0.717, 1.165) is 23.5 Å². The van der Waals surface area contributed by atoms with Gasteiger partial charge >= 0.3 is 0 Å². The molecule has 0 rings (SSSR count). The van der Waals surface area contributed by atoms with Crippen LogP contribution in [0, 0.1) is 0 Å². The molecule has 0 heterocycles. The lowest BCUT2D eigenvalue weighted by atomic mass is 10.9. The smallest absolute Gasteiger partial charge is 0.279 e. The van der Waals surface area contributed by atoms with Crippen molar-refractivity contribution in [1.82, 2.24) is 0 Å². The summed E-state index contributed by atoms with van der Waals surface area (Å²) >= 11 is 0. The van der Waals surface area contributed by atoms with E-state index in [1.807, 2.05) is 20.8 Å². The minimum absolute atomic E-state index is 0.826. The Morgan fingerprint density at radius 2 is 1.62 bits per heavy atom. The predicted molar refractivity (Wildman–Crippen MR) is 57.4 cm³/mol. The minimum atomic E-state index is -3.49. The molecule has 0 radical (unpaired) electrons. The molecule has 0 aliphatic rings. The largest absolute Gasteiger partial charge is 0.312 e. The Balaban J connectivity index is 4.70. The number of hydrogen-bond donors (Lipinski definition) is 0. The fourth-order valence-electron chi connectivity index (χ4n) is 1.21. The summed E-state index contributed by atoms with van der Waals surface area (Å²) in [6.07, 6.45) is 0. The molecule has 0 aromatic rings. The Bertz CT molecular complexity index is 246. The predicted octanol–water partition coefficient (Wildman–Crippen LogP) is 2.48. The molecule has 0 unspecified atom stereocenters. The molecule has 13 heavy (non-hydrogen) atoms. The highest BCUT2D eigenvalue weighted by atomic mass is 32.2. The van der Waals surface area contributed by atoms with Crippen molar-refractivity contribution in [3.63, 3.8) is 0 Å². The highest BCUT2D eigenvalue weighted by molar-refractivity contribution is 7.90. The molecule has 0 saturated carbocycles. The van der Waals surface area contributed by atoms with Crippen molar-refractivity contribution in [3.8, 4) is 0 Å². The van der Waals surface area contributed by atoms with Gasteiger partial charge in [0.25, 0.3) is 10.1 Å². The first-order valence-electron chi connectivity index (χ1n) is 4.53. The molecule has 0 aromatic heterocycles. The third-order valence-electron chi connectivity index (χ3n) is 2.43. The van der Waals surface area contributed by atoms with Gasteiger partial charge in [-0.05, 0) is 18.1 Å². The normalized spacial score (nSPS) is 12.8. The Morgan fingerprint density at radius 1 is 1.23 bits per heavy atom. The summed E-state index contributed by atoms with van der Waals surface area (Å²) in [5, 5.41) is 0.885. The molecule has 0 aromatic carbocycles. The fraction of sp³-hybridized carbons (Fsp3) is 0.750. The van der Waals surface area contributed by atoms with Crippen LogP contribution in [0.1, 0.15) is 20.8 Å². The van der Waals surface area contributed by atoms with E-state index in [1.54, 1.807) is 0 Å². The van der Waals surface area contributed by atoms with Crippen LogP contribution in [0.3, 0.4) is 0 Å². The highest BCUT2D eigenvalue weighted by Gasteiger charge is 2.33. The molecule has 0 amide bonds. The van der Waals surface area contributed by atoms with Crippen LogP contribution in [-0.2, 0) is 14.0 Å². The monoisotopic (exact) mass is 222 g/mol. The van der Waals surface area contributed by atoms with Crippen molar-refractivity contribution in [3.05, 3.63) is 12.0 Å². The molecule has 0 spiro atoms. The summed E-state index contributed by atoms with van der Waals surface area (Å²) in [6, 6.07) is 2.48. The van der Waals surface area contributed by atoms with Gasteiger partial charge in [0.05, 0.1) is 0 Å². The third kappa shape index (κ3) is 3.62. The van der Waals surface area contributed by atoms with Crippen LogP contribution in [-0.4, -0.2) is 16.7 Å². The van der Waals surface area contributed by atoms with E-state index in [4.69, 9.17) is 3.87 Å². The van der Waals surface area contributed by atoms with Crippen molar-refractivity contribution in [1.29, 1.82) is 0 Å². The first-order chi connectivity index (χ1) is 5.95. The second-order valence-electron chi connectivity index (χ2n) is 2.99. The summed E-state index contributed by atoms with van der Waals surface area (Å²) in [5.41, 5.74) is 0. The Morgan fingerprint density at radius 3 is 1.85 bits per heavy atom. The zero-order chi connectivity index (χ0) is 10.5. The van der Waals surface area contributed by atoms with E-state index in [-0.39, 0.29) is 0 Å². The van der Waals surface area contributed by atoms with Gasteiger partial charge in [-0.3, -0.25) is 0 Å². The van der Waals surface area contributed by atoms with Crippen LogP contribution >= 0.6 is 0 Å². The van der Waals surface area contributed by atoms with Gasteiger partial charge in [-0.2, -0.15) is 8.42 Å². The molecule has 0 aliphatic carbocycles. The van der Waals surface area contributed by atoms with Gasteiger partial charge in [0.2, 0.25) is 8.32 Å². The lowest BCUT2D eigenvalue weighted by Gasteiger charge is -2.25. The van der Waals surface area contributed by atoms with Crippen LogP contribution in [0.5, 0.6) is 0 Å². The molecule has 0 saturated heterocycles. The molecule has 3 nitrogen and oxygen atoms in total. The average Bonchev–Trinajstić information content (AvgIpc) is 2.14. The van der Waals surface area contributed by atoms with Crippen molar-refractivity contribution in [2.45, 2.75) is 38.9 Å². The minimum Gasteiger partial charge on any atom is -0.312 e. The maximum atomic E-state index is 11.2. The van der Waals surface area contributed by atoms with E-state index in [2.05, 4.69) is 6.58 Å². The standard InChI is InChI=1S/C8H18O3SSi/c1-5-12(9,10)11-13(6-2,7-3)8-4/h5H,1,6-8H2,2-4H3. The molecule has 78 valence electrons. The maximum Gasteiger partial charge on any atom is 0.279 e. The van der Waals surface area contributed by atoms with E-state index in [9.17, 15) is 8.42 Å². The second kappa shape index (κ2) is 4.93. The van der Waals surface area contributed by atoms with Gasteiger partial charge < -0.3 is 3.87 Å². The van der Waals surface area contributed by atoms with Crippen molar-refractivity contribution >= 4 is 18.4 Å². The molecule has 0 N–H and O–H groups in total. The molecule has 0 atom stereocenters. The molecule has 5 heteroatoms. The summed E-state index contributed by atoms with van der Waals surface area (Å²) in [4.78, 5) is 0. The zero-order valence-corrected chi connectivity index (χ0v) is 10.4. The number of rotatable bonds is 6. The van der Waals surface area contributed by atoms with Gasteiger partial charge in [0, 0.05) is 5.41 Å².